The number of rotatable bonds is 5. The van der Waals surface area contributed by atoms with Crippen molar-refractivity contribution < 1.29 is 13.2 Å². The Balaban J connectivity index is 1.96. The van der Waals surface area contributed by atoms with Gasteiger partial charge in [-0.1, -0.05) is 12.1 Å². The molecule has 20 heavy (non-hydrogen) atoms. The summed E-state index contributed by atoms with van der Waals surface area (Å²) in [5.74, 6) is 1.09. The van der Waals surface area contributed by atoms with E-state index in [9.17, 15) is 8.42 Å². The molecule has 1 heterocycles. The van der Waals surface area contributed by atoms with Crippen LogP contribution in [0.3, 0.4) is 0 Å². The molecular weight excluding hydrogens is 276 g/mol. The van der Waals surface area contributed by atoms with E-state index in [4.69, 9.17) is 10.00 Å². The number of nitrogens with zero attached hydrogens (tertiary/aromatic N) is 1. The molecule has 6 heteroatoms. The monoisotopic (exact) mass is 294 g/mol. The third kappa shape index (κ3) is 3.95. The minimum absolute atomic E-state index is 0.0207. The van der Waals surface area contributed by atoms with Gasteiger partial charge in [0.15, 0.2) is 16.4 Å². The minimum Gasteiger partial charge on any atom is -0.479 e. The van der Waals surface area contributed by atoms with Crippen molar-refractivity contribution in [1.82, 2.24) is 5.32 Å². The largest absolute Gasteiger partial charge is 0.479 e. The molecule has 1 atom stereocenters. The van der Waals surface area contributed by atoms with Crippen LogP contribution in [0.15, 0.2) is 24.3 Å². The first-order chi connectivity index (χ1) is 9.42. The lowest BCUT2D eigenvalue weighted by Crippen LogP contribution is -2.42. The molecule has 0 radical (unpaired) electrons. The van der Waals surface area contributed by atoms with E-state index in [1.165, 1.54) is 0 Å². The highest BCUT2D eigenvalue weighted by Gasteiger charge is 2.37. The molecule has 108 valence electrons. The normalized spacial score (nSPS) is 24.2. The Labute approximate surface area is 119 Å². The summed E-state index contributed by atoms with van der Waals surface area (Å²) in [7, 11) is -2.90. The molecule has 1 saturated heterocycles. The van der Waals surface area contributed by atoms with E-state index >= 15 is 0 Å². The van der Waals surface area contributed by atoms with Crippen molar-refractivity contribution in [3.05, 3.63) is 29.8 Å². The van der Waals surface area contributed by atoms with Gasteiger partial charge in [0.25, 0.3) is 0 Å². The lowest BCUT2D eigenvalue weighted by Gasteiger charge is -2.24. The van der Waals surface area contributed by atoms with Gasteiger partial charge in [0.05, 0.1) is 11.5 Å². The Morgan fingerprint density at radius 3 is 2.95 bits per heavy atom. The molecule has 1 fully saturated rings. The molecule has 0 aliphatic carbocycles. The zero-order valence-electron chi connectivity index (χ0n) is 11.4. The first-order valence-electron chi connectivity index (χ1n) is 6.47. The summed E-state index contributed by atoms with van der Waals surface area (Å²) < 4.78 is 28.3. The number of nitrogens with one attached hydrogen (secondary N) is 1. The Hall–Kier alpha value is -1.58. The van der Waals surface area contributed by atoms with Gasteiger partial charge in [0, 0.05) is 12.1 Å². The molecule has 0 bridgehead atoms. The van der Waals surface area contributed by atoms with Gasteiger partial charge in [-0.2, -0.15) is 5.26 Å². The van der Waals surface area contributed by atoms with Gasteiger partial charge < -0.3 is 10.1 Å². The lowest BCUT2D eigenvalue weighted by molar-refractivity contribution is 0.366. The maximum Gasteiger partial charge on any atom is 0.174 e. The van der Waals surface area contributed by atoms with Crippen LogP contribution in [0.1, 0.15) is 18.9 Å². The van der Waals surface area contributed by atoms with Crippen molar-refractivity contribution >= 4 is 9.84 Å². The van der Waals surface area contributed by atoms with Crippen LogP contribution >= 0.6 is 0 Å². The van der Waals surface area contributed by atoms with Crippen molar-refractivity contribution in [1.29, 1.82) is 5.26 Å². The number of ether oxygens (including phenoxy) is 1. The van der Waals surface area contributed by atoms with Crippen LogP contribution in [0.4, 0.5) is 0 Å². The van der Waals surface area contributed by atoms with Crippen LogP contribution < -0.4 is 10.1 Å². The number of nitriles is 1. The molecule has 1 aromatic carbocycles. The van der Waals surface area contributed by atoms with E-state index in [1.807, 2.05) is 31.2 Å². The average Bonchev–Trinajstić information content (AvgIpc) is 2.69. The SMILES string of the molecule is CC1(NCc2cccc(OCC#N)c2)CCS(=O)(=O)C1. The van der Waals surface area contributed by atoms with Crippen molar-refractivity contribution in [3.63, 3.8) is 0 Å². The van der Waals surface area contributed by atoms with Gasteiger partial charge in [0.1, 0.15) is 11.8 Å². The number of sulfone groups is 1. The van der Waals surface area contributed by atoms with Gasteiger partial charge in [-0.3, -0.25) is 0 Å². The van der Waals surface area contributed by atoms with E-state index in [0.29, 0.717) is 18.7 Å². The van der Waals surface area contributed by atoms with Crippen molar-refractivity contribution in [2.24, 2.45) is 0 Å². The highest BCUT2D eigenvalue weighted by molar-refractivity contribution is 7.91. The number of hydrogen-bond acceptors (Lipinski definition) is 5. The van der Waals surface area contributed by atoms with E-state index in [1.54, 1.807) is 6.07 Å². The first kappa shape index (κ1) is 14.8. The van der Waals surface area contributed by atoms with Gasteiger partial charge in [0.2, 0.25) is 0 Å². The number of benzene rings is 1. The Bertz CT molecular complexity index is 622. The summed E-state index contributed by atoms with van der Waals surface area (Å²) in [4.78, 5) is 0. The highest BCUT2D eigenvalue weighted by Crippen LogP contribution is 2.23. The molecule has 0 amide bonds. The van der Waals surface area contributed by atoms with E-state index in [2.05, 4.69) is 5.32 Å². The van der Waals surface area contributed by atoms with Crippen LogP contribution in [0.25, 0.3) is 0 Å². The van der Waals surface area contributed by atoms with E-state index in [0.717, 1.165) is 5.56 Å². The predicted molar refractivity (Wildman–Crippen MR) is 76.1 cm³/mol. The Morgan fingerprint density at radius 1 is 1.50 bits per heavy atom. The van der Waals surface area contributed by atoms with Crippen LogP contribution in [0.2, 0.25) is 0 Å². The second-order valence-electron chi connectivity index (χ2n) is 5.35. The van der Waals surface area contributed by atoms with E-state index < -0.39 is 9.84 Å². The molecule has 2 rings (SSSR count). The lowest BCUT2D eigenvalue weighted by atomic mass is 10.0. The van der Waals surface area contributed by atoms with Crippen molar-refractivity contribution in [2.45, 2.75) is 25.4 Å². The summed E-state index contributed by atoms with van der Waals surface area (Å²) in [6, 6.07) is 9.38. The third-order valence-electron chi connectivity index (χ3n) is 3.42. The van der Waals surface area contributed by atoms with Gasteiger partial charge in [-0.15, -0.1) is 0 Å². The maximum atomic E-state index is 11.5. The topological polar surface area (TPSA) is 79.2 Å². The Morgan fingerprint density at radius 2 is 2.30 bits per heavy atom. The average molecular weight is 294 g/mol. The fourth-order valence-corrected chi connectivity index (χ4v) is 4.45. The van der Waals surface area contributed by atoms with Crippen LogP contribution in [0, 0.1) is 11.3 Å². The van der Waals surface area contributed by atoms with Crippen LogP contribution in [0.5, 0.6) is 5.75 Å². The molecule has 0 aromatic heterocycles. The van der Waals surface area contributed by atoms with Gasteiger partial charge in [-0.05, 0) is 31.0 Å². The predicted octanol–water partition coefficient (Wildman–Crippen LogP) is 1.26. The molecule has 0 spiro atoms. The van der Waals surface area contributed by atoms with Crippen LogP contribution in [-0.4, -0.2) is 32.1 Å². The summed E-state index contributed by atoms with van der Waals surface area (Å²) in [5.41, 5.74) is 0.647. The fraction of sp³-hybridized carbons (Fsp3) is 0.500. The van der Waals surface area contributed by atoms with Crippen LogP contribution in [-0.2, 0) is 16.4 Å². The smallest absolute Gasteiger partial charge is 0.174 e. The molecule has 0 saturated carbocycles. The zero-order valence-corrected chi connectivity index (χ0v) is 12.2. The van der Waals surface area contributed by atoms with Gasteiger partial charge in [-0.25, -0.2) is 8.42 Å². The molecular formula is C14H18N2O3S. The molecule has 5 nitrogen and oxygen atoms in total. The quantitative estimate of drug-likeness (QED) is 0.884. The van der Waals surface area contributed by atoms with Crippen molar-refractivity contribution in [2.75, 3.05) is 18.1 Å². The molecule has 1 aliphatic heterocycles. The maximum absolute atomic E-state index is 11.5. The molecule has 1 aromatic rings. The van der Waals surface area contributed by atoms with Gasteiger partial charge >= 0.3 is 0 Å². The number of hydrogen-bond donors (Lipinski definition) is 1. The summed E-state index contributed by atoms with van der Waals surface area (Å²) >= 11 is 0. The molecule has 1 unspecified atom stereocenters. The highest BCUT2D eigenvalue weighted by atomic mass is 32.2. The first-order valence-corrected chi connectivity index (χ1v) is 8.29. The molecule has 1 aliphatic rings. The summed E-state index contributed by atoms with van der Waals surface area (Å²) in [6.07, 6.45) is 0.639. The van der Waals surface area contributed by atoms with Crippen molar-refractivity contribution in [3.8, 4) is 11.8 Å². The standard InChI is InChI=1S/C14H18N2O3S/c1-14(5-8-20(17,18)11-14)16-10-12-3-2-4-13(9-12)19-7-6-15/h2-4,9,16H,5,7-8,10-11H2,1H3. The Kier molecular flexibility index (Phi) is 4.31. The second kappa shape index (κ2) is 5.81. The van der Waals surface area contributed by atoms with E-state index in [-0.39, 0.29) is 23.7 Å². The zero-order chi connectivity index (χ0) is 14.6. The fourth-order valence-electron chi connectivity index (χ4n) is 2.33. The summed E-state index contributed by atoms with van der Waals surface area (Å²) in [6.45, 7) is 2.54. The second-order valence-corrected chi connectivity index (χ2v) is 7.53. The summed E-state index contributed by atoms with van der Waals surface area (Å²) in [5, 5.41) is 11.8. The molecule has 1 N–H and O–H groups in total. The third-order valence-corrected chi connectivity index (χ3v) is 5.33. The minimum atomic E-state index is -2.90.